The van der Waals surface area contributed by atoms with Crippen LogP contribution in [0.1, 0.15) is 47.2 Å². The number of anilines is 1. The number of hydrogen-bond donors (Lipinski definition) is 2. The predicted molar refractivity (Wildman–Crippen MR) is 192 cm³/mol. The zero-order valence-corrected chi connectivity index (χ0v) is 26.6. The number of aromatic nitrogens is 6. The number of carbonyl (C=O) groups is 1. The minimum atomic E-state index is -0.634. The maximum absolute atomic E-state index is 14.5. The molecule has 3 N–H and O–H groups in total. The molecule has 1 aromatic carbocycles. The molecule has 5 aromatic rings. The predicted octanol–water partition coefficient (Wildman–Crippen LogP) is -1.89. The maximum atomic E-state index is 14.5. The third-order valence-corrected chi connectivity index (χ3v) is 8.13. The summed E-state index contributed by atoms with van der Waals surface area (Å²) in [4.78, 5) is 32.4. The fourth-order valence-electron chi connectivity index (χ4n) is 5.20. The molecule has 0 aliphatic carbocycles. The summed E-state index contributed by atoms with van der Waals surface area (Å²) in [5.74, 6) is 5.81. The van der Waals surface area contributed by atoms with Crippen molar-refractivity contribution in [1.82, 2.24) is 34.3 Å². The number of nitrogens with zero attached hydrogens (tertiary/aromatic N) is 6. The van der Waals surface area contributed by atoms with E-state index >= 15 is 0 Å². The summed E-state index contributed by atoms with van der Waals surface area (Å²) in [7, 11) is 14.3. The zero-order chi connectivity index (χ0) is 32.6. The van der Waals surface area contributed by atoms with Crippen LogP contribution in [0.4, 0.5) is 5.82 Å². The van der Waals surface area contributed by atoms with Gasteiger partial charge in [-0.3, -0.25) is 0 Å². The molecule has 1 amide bonds. The normalized spacial score (nSPS) is 13.0. The van der Waals surface area contributed by atoms with E-state index in [-0.39, 0.29) is 16.9 Å². The third kappa shape index (κ3) is 5.96. The fourth-order valence-corrected chi connectivity index (χ4v) is 5.20. The van der Waals surface area contributed by atoms with Crippen molar-refractivity contribution in [3.05, 3.63) is 110 Å². The van der Waals surface area contributed by atoms with E-state index in [4.69, 9.17) is 5.73 Å². The monoisotopic (exact) mass is 590 g/mol. The van der Waals surface area contributed by atoms with Crippen LogP contribution in [0.5, 0.6) is 0 Å². The molecule has 10 nitrogen and oxygen atoms in total. The van der Waals surface area contributed by atoms with E-state index in [0.717, 1.165) is 21.9 Å². The van der Waals surface area contributed by atoms with E-state index < -0.39 is 11.9 Å². The van der Waals surface area contributed by atoms with Crippen molar-refractivity contribution in [2.45, 2.75) is 19.9 Å². The summed E-state index contributed by atoms with van der Waals surface area (Å²) < 4.78 is 4.71. The summed E-state index contributed by atoms with van der Waals surface area (Å²) in [6.45, 7) is 3.86. The number of nitrogen functional groups attached to an aromatic ring is 1. The van der Waals surface area contributed by atoms with E-state index in [2.05, 4.69) is 39.8 Å². The van der Waals surface area contributed by atoms with Crippen molar-refractivity contribution in [1.29, 1.82) is 0 Å². The van der Waals surface area contributed by atoms with Gasteiger partial charge in [-0.1, -0.05) is 0 Å². The molecule has 0 spiro atoms. The average Bonchev–Trinajstić information content (AvgIpc) is 3.59. The Morgan fingerprint density at radius 1 is 1.04 bits per heavy atom. The van der Waals surface area contributed by atoms with Crippen LogP contribution in [0.3, 0.4) is 0 Å². The molecule has 0 radical (unpaired) electrons. The first-order chi connectivity index (χ1) is 21.4. The molecule has 5 rings (SSSR count). The fraction of sp³-hybridized carbons (Fsp3) is 0.133. The molecule has 218 valence electrons. The summed E-state index contributed by atoms with van der Waals surface area (Å²) in [6, 6.07) is 10.3. The first-order valence-electron chi connectivity index (χ1n) is 14.5. The Labute approximate surface area is 265 Å². The van der Waals surface area contributed by atoms with Gasteiger partial charge in [-0.25, -0.2) is 0 Å². The Kier molecular flexibility index (Phi) is 8.60. The Morgan fingerprint density at radius 3 is 2.49 bits per heavy atom. The molecule has 4 heterocycles. The van der Waals surface area contributed by atoms with Gasteiger partial charge in [-0.05, 0) is 0 Å². The van der Waals surface area contributed by atoms with Gasteiger partial charge < -0.3 is 0 Å². The van der Waals surface area contributed by atoms with Crippen LogP contribution >= 0.6 is 0 Å². The van der Waals surface area contributed by atoms with Crippen molar-refractivity contribution < 1.29 is 4.79 Å². The van der Waals surface area contributed by atoms with E-state index in [1.165, 1.54) is 4.52 Å². The third-order valence-electron chi connectivity index (χ3n) is 8.13. The van der Waals surface area contributed by atoms with Gasteiger partial charge in [0.25, 0.3) is 0 Å². The SMILES string of the molecule is B=C(/C(B)=C(B)\C(B)=C(\B)C)n1c([C@@H](C)NC(=O)c2c(N)nn3cccnc23)cc2cccc(C#Cc3ccn(C)n3)c2c1=O. The van der Waals surface area contributed by atoms with Crippen LogP contribution < -0.4 is 16.6 Å². The number of nitrogens with two attached hydrogens (primary N) is 1. The molecule has 45 heavy (non-hydrogen) atoms. The van der Waals surface area contributed by atoms with E-state index in [0.29, 0.717) is 39.0 Å². The minimum absolute atomic E-state index is 0.0569. The molecule has 1 atom stereocenters. The molecule has 15 heteroatoms. The number of nitrogens with one attached hydrogen (secondary N) is 1. The molecule has 0 aliphatic rings. The van der Waals surface area contributed by atoms with Crippen LogP contribution in [0, 0.1) is 11.8 Å². The van der Waals surface area contributed by atoms with Gasteiger partial charge in [-0.2, -0.15) is 0 Å². The van der Waals surface area contributed by atoms with Crippen molar-refractivity contribution in [2.24, 2.45) is 7.05 Å². The van der Waals surface area contributed by atoms with E-state index in [1.807, 2.05) is 88.8 Å². The molecular formula is C30H31B5N8O2. The second-order valence-corrected chi connectivity index (χ2v) is 11.3. The molecule has 4 aromatic heterocycles. The van der Waals surface area contributed by atoms with Crippen molar-refractivity contribution >= 4 is 72.6 Å². The number of allylic oxidation sites excluding steroid dienone is 4. The van der Waals surface area contributed by atoms with Gasteiger partial charge in [0, 0.05) is 0 Å². The Morgan fingerprint density at radius 2 is 1.80 bits per heavy atom. The molecule has 0 aliphatic heterocycles. The van der Waals surface area contributed by atoms with Crippen molar-refractivity contribution in [3.8, 4) is 11.8 Å². The number of pyridine rings is 1. The summed E-state index contributed by atoms with van der Waals surface area (Å²) in [6.07, 6.45) is 5.06. The topological polar surface area (TPSA) is 125 Å². The summed E-state index contributed by atoms with van der Waals surface area (Å²) in [5, 5.41) is 12.7. The van der Waals surface area contributed by atoms with Crippen LogP contribution in [-0.4, -0.2) is 79.3 Å². The van der Waals surface area contributed by atoms with Crippen molar-refractivity contribution in [2.75, 3.05) is 5.73 Å². The van der Waals surface area contributed by atoms with Crippen molar-refractivity contribution in [3.63, 3.8) is 0 Å². The second-order valence-electron chi connectivity index (χ2n) is 11.3. The Bertz CT molecular complexity index is 2210. The van der Waals surface area contributed by atoms with Crippen LogP contribution in [-0.2, 0) is 7.05 Å². The van der Waals surface area contributed by atoms with Gasteiger partial charge in [0.15, 0.2) is 0 Å². The number of hydrogen-bond acceptors (Lipinski definition) is 6. The average molecular weight is 590 g/mol. The van der Waals surface area contributed by atoms with Gasteiger partial charge in [0.2, 0.25) is 0 Å². The zero-order valence-electron chi connectivity index (χ0n) is 26.6. The standard InChI is InChI=1S/C30H31B5N8O2/c1-15(31)23(32)24(33)25(34)26(35)43-20(16(2)38-29(44)22-27(36)40-42-12-5-11-37-28(22)42)14-18-7-4-6-17(21(18)30(43)45)8-9-19-10-13-41(3)39-19/h4-7,10-14,16,35H,31-34H2,1-3H3,(H2,36,40)(H,38,44)/b23-15-,25-24-/t16-/m1/s1. The molecular weight excluding hydrogens is 558 g/mol. The number of aryl methyl sites for hydroxylation is 1. The quantitative estimate of drug-likeness (QED) is 0.136. The van der Waals surface area contributed by atoms with Gasteiger partial charge in [-0.15, -0.1) is 0 Å². The first kappa shape index (κ1) is 31.2. The van der Waals surface area contributed by atoms with Crippen LogP contribution in [0.2, 0.25) is 0 Å². The molecule has 0 bridgehead atoms. The van der Waals surface area contributed by atoms with Gasteiger partial charge in [0.05, 0.1) is 0 Å². The van der Waals surface area contributed by atoms with Crippen LogP contribution in [0.15, 0.2) is 81.7 Å². The van der Waals surface area contributed by atoms with E-state index in [1.54, 1.807) is 27.7 Å². The molecule has 0 saturated heterocycles. The molecule has 0 fully saturated rings. The van der Waals surface area contributed by atoms with Crippen LogP contribution in [0.25, 0.3) is 16.4 Å². The number of benzene rings is 1. The number of amides is 1. The Balaban J connectivity index is 1.69. The van der Waals surface area contributed by atoms with Gasteiger partial charge >= 0.3 is 266 Å². The number of carbonyl (C=O) groups excluding carboxylic acids is 1. The first-order valence-corrected chi connectivity index (χ1v) is 14.5. The van der Waals surface area contributed by atoms with Gasteiger partial charge in [0.1, 0.15) is 0 Å². The summed E-state index contributed by atoms with van der Waals surface area (Å²) in [5.41, 5.74) is 12.7. The number of rotatable bonds is 6. The summed E-state index contributed by atoms with van der Waals surface area (Å²) >= 11 is 0. The van der Waals surface area contributed by atoms with E-state index in [9.17, 15) is 9.59 Å². The Hall–Kier alpha value is -5.24. The molecule has 0 unspecified atom stereocenters. The second kappa shape index (κ2) is 12.4. The molecule has 0 saturated carbocycles. The number of fused-ring (bicyclic) bond motifs is 2.